The molecule has 3 heteroatoms. The van der Waals surface area contributed by atoms with E-state index in [1.807, 2.05) is 0 Å². The first kappa shape index (κ1) is 11.5. The van der Waals surface area contributed by atoms with Gasteiger partial charge in [-0.1, -0.05) is 6.92 Å². The third kappa shape index (κ3) is 2.97. The Bertz CT molecular complexity index is 222. The second-order valence-electron chi connectivity index (χ2n) is 4.63. The summed E-state index contributed by atoms with van der Waals surface area (Å²) in [5.74, 6) is 1.71. The third-order valence-corrected chi connectivity index (χ3v) is 4.80. The Morgan fingerprint density at radius 1 is 1.33 bits per heavy atom. The summed E-state index contributed by atoms with van der Waals surface area (Å²) in [4.78, 5) is 13.8. The van der Waals surface area contributed by atoms with Gasteiger partial charge < -0.3 is 0 Å². The molecular formula is C12H21NOS. The zero-order valence-electron chi connectivity index (χ0n) is 9.58. The highest BCUT2D eigenvalue weighted by molar-refractivity contribution is 7.99. The summed E-state index contributed by atoms with van der Waals surface area (Å²) in [6.45, 7) is 4.76. The van der Waals surface area contributed by atoms with Crippen molar-refractivity contribution in [3.63, 3.8) is 0 Å². The normalized spacial score (nSPS) is 29.9. The fourth-order valence-corrected chi connectivity index (χ4v) is 3.79. The van der Waals surface area contributed by atoms with Crippen molar-refractivity contribution in [2.24, 2.45) is 0 Å². The van der Waals surface area contributed by atoms with Gasteiger partial charge in [-0.2, -0.15) is 11.8 Å². The molecule has 0 aromatic heterocycles. The maximum Gasteiger partial charge on any atom is 0.133 e. The molecule has 86 valence electrons. The lowest BCUT2D eigenvalue weighted by Gasteiger charge is -2.30. The van der Waals surface area contributed by atoms with E-state index in [4.69, 9.17) is 0 Å². The number of carbonyl (C=O) groups excluding carboxylic acids is 1. The highest BCUT2D eigenvalue weighted by Gasteiger charge is 2.30. The van der Waals surface area contributed by atoms with Gasteiger partial charge >= 0.3 is 0 Å². The molecule has 2 aliphatic rings. The highest BCUT2D eigenvalue weighted by atomic mass is 32.2. The third-order valence-electron chi connectivity index (χ3n) is 3.61. The van der Waals surface area contributed by atoms with E-state index in [-0.39, 0.29) is 0 Å². The van der Waals surface area contributed by atoms with Crippen molar-refractivity contribution >= 4 is 17.5 Å². The number of nitrogens with zero attached hydrogens (tertiary/aromatic N) is 1. The summed E-state index contributed by atoms with van der Waals surface area (Å²) in [7, 11) is 0. The van der Waals surface area contributed by atoms with Crippen LogP contribution in [-0.2, 0) is 4.79 Å². The summed E-state index contributed by atoms with van der Waals surface area (Å²) >= 11 is 2.10. The largest absolute Gasteiger partial charge is 0.300 e. The Balaban J connectivity index is 1.78. The van der Waals surface area contributed by atoms with E-state index in [2.05, 4.69) is 23.6 Å². The van der Waals surface area contributed by atoms with E-state index in [1.54, 1.807) is 0 Å². The Kier molecular flexibility index (Phi) is 4.09. The summed E-state index contributed by atoms with van der Waals surface area (Å²) in [6, 6.07) is 0.713. The Morgan fingerprint density at radius 2 is 2.07 bits per heavy atom. The molecule has 1 unspecified atom stereocenters. The number of Topliss-reactive ketones (excluding diaryl/α,β-unsaturated/α-hetero) is 1. The van der Waals surface area contributed by atoms with E-state index in [9.17, 15) is 4.79 Å². The molecule has 0 aromatic rings. The molecule has 2 fully saturated rings. The van der Waals surface area contributed by atoms with Crippen LogP contribution in [0.25, 0.3) is 0 Å². The topological polar surface area (TPSA) is 20.3 Å². The molecule has 0 N–H and O–H groups in total. The second-order valence-corrected chi connectivity index (χ2v) is 6.21. The van der Waals surface area contributed by atoms with Crippen molar-refractivity contribution in [1.29, 1.82) is 0 Å². The quantitative estimate of drug-likeness (QED) is 0.738. The Labute approximate surface area is 96.8 Å². The van der Waals surface area contributed by atoms with E-state index < -0.39 is 0 Å². The molecule has 2 rings (SSSR count). The smallest absolute Gasteiger partial charge is 0.133 e. The maximum absolute atomic E-state index is 11.2. The summed E-state index contributed by atoms with van der Waals surface area (Å²) in [6.07, 6.45) is 5.23. The van der Waals surface area contributed by atoms with Crippen molar-refractivity contribution in [2.75, 3.05) is 18.8 Å². The monoisotopic (exact) mass is 227 g/mol. The first-order valence-corrected chi connectivity index (χ1v) is 7.22. The molecule has 0 amide bonds. The van der Waals surface area contributed by atoms with Crippen molar-refractivity contribution < 1.29 is 4.79 Å². The van der Waals surface area contributed by atoms with Crippen LogP contribution < -0.4 is 0 Å². The molecule has 0 aromatic carbocycles. The molecule has 1 saturated heterocycles. The zero-order chi connectivity index (χ0) is 10.7. The first-order valence-electron chi connectivity index (χ1n) is 6.17. The minimum atomic E-state index is 0.477. The predicted molar refractivity (Wildman–Crippen MR) is 65.4 cm³/mol. The van der Waals surface area contributed by atoms with E-state index in [0.717, 1.165) is 30.9 Å². The first-order chi connectivity index (χ1) is 7.29. The van der Waals surface area contributed by atoms with Gasteiger partial charge in [0.2, 0.25) is 0 Å². The average molecular weight is 227 g/mol. The second kappa shape index (κ2) is 5.35. The highest BCUT2D eigenvalue weighted by Crippen LogP contribution is 2.28. The van der Waals surface area contributed by atoms with E-state index in [1.165, 1.54) is 25.3 Å². The number of ketones is 1. The molecule has 0 radical (unpaired) electrons. The number of hydrogen-bond donors (Lipinski definition) is 0. The van der Waals surface area contributed by atoms with Crippen molar-refractivity contribution in [3.8, 4) is 0 Å². The minimum Gasteiger partial charge on any atom is -0.300 e. The number of carbonyl (C=O) groups is 1. The number of hydrogen-bond acceptors (Lipinski definition) is 3. The van der Waals surface area contributed by atoms with Crippen LogP contribution in [0.4, 0.5) is 0 Å². The molecular weight excluding hydrogens is 206 g/mol. The van der Waals surface area contributed by atoms with E-state index >= 15 is 0 Å². The van der Waals surface area contributed by atoms with Crippen LogP contribution in [-0.4, -0.2) is 40.8 Å². The van der Waals surface area contributed by atoms with Gasteiger partial charge in [-0.3, -0.25) is 9.69 Å². The standard InChI is InChI=1S/C12H21NOS/c1-2-15-12-7-8-13(9-12)10-3-5-11(14)6-4-10/h10,12H,2-9H2,1H3. The summed E-state index contributed by atoms with van der Waals surface area (Å²) < 4.78 is 0. The number of likely N-dealkylation sites (tertiary alicyclic amines) is 1. The Hall–Kier alpha value is -0.0200. The van der Waals surface area contributed by atoms with Gasteiger partial charge in [-0.15, -0.1) is 0 Å². The molecule has 0 spiro atoms. The van der Waals surface area contributed by atoms with Gasteiger partial charge in [-0.05, 0) is 31.6 Å². The van der Waals surface area contributed by atoms with Crippen molar-refractivity contribution in [3.05, 3.63) is 0 Å². The maximum atomic E-state index is 11.2. The van der Waals surface area contributed by atoms with Crippen molar-refractivity contribution in [1.82, 2.24) is 4.90 Å². The van der Waals surface area contributed by atoms with Crippen LogP contribution in [0.3, 0.4) is 0 Å². The van der Waals surface area contributed by atoms with Gasteiger partial charge in [0.25, 0.3) is 0 Å². The minimum absolute atomic E-state index is 0.477. The van der Waals surface area contributed by atoms with Crippen LogP contribution in [0.15, 0.2) is 0 Å². The predicted octanol–water partition coefficient (Wildman–Crippen LogP) is 2.33. The van der Waals surface area contributed by atoms with Crippen LogP contribution in [0, 0.1) is 0 Å². The fraction of sp³-hybridized carbons (Fsp3) is 0.917. The molecule has 1 aliphatic heterocycles. The van der Waals surface area contributed by atoms with Gasteiger partial charge in [0.1, 0.15) is 5.78 Å². The summed E-state index contributed by atoms with van der Waals surface area (Å²) in [5.41, 5.74) is 0. The van der Waals surface area contributed by atoms with Crippen LogP contribution in [0.2, 0.25) is 0 Å². The molecule has 2 nitrogen and oxygen atoms in total. The SMILES string of the molecule is CCSC1CCN(C2CCC(=O)CC2)C1. The summed E-state index contributed by atoms with van der Waals surface area (Å²) in [5, 5.41) is 0.854. The Morgan fingerprint density at radius 3 is 2.73 bits per heavy atom. The van der Waals surface area contributed by atoms with Crippen LogP contribution in [0.1, 0.15) is 39.0 Å². The van der Waals surface area contributed by atoms with Gasteiger partial charge in [0.15, 0.2) is 0 Å². The fourth-order valence-electron chi connectivity index (χ4n) is 2.75. The van der Waals surface area contributed by atoms with Gasteiger partial charge in [-0.25, -0.2) is 0 Å². The number of rotatable bonds is 3. The van der Waals surface area contributed by atoms with Crippen molar-refractivity contribution in [2.45, 2.75) is 50.3 Å². The van der Waals surface area contributed by atoms with Crippen LogP contribution in [0.5, 0.6) is 0 Å². The molecule has 1 atom stereocenters. The lowest BCUT2D eigenvalue weighted by molar-refractivity contribution is -0.121. The lowest BCUT2D eigenvalue weighted by Crippen LogP contribution is -2.36. The molecule has 1 heterocycles. The average Bonchev–Trinajstić information content (AvgIpc) is 2.68. The van der Waals surface area contributed by atoms with Gasteiger partial charge in [0, 0.05) is 30.7 Å². The lowest BCUT2D eigenvalue weighted by atomic mass is 9.93. The van der Waals surface area contributed by atoms with Gasteiger partial charge in [0.05, 0.1) is 0 Å². The van der Waals surface area contributed by atoms with Crippen LogP contribution >= 0.6 is 11.8 Å². The number of thioether (sulfide) groups is 1. The van der Waals surface area contributed by atoms with E-state index in [0.29, 0.717) is 11.8 Å². The molecule has 0 bridgehead atoms. The zero-order valence-corrected chi connectivity index (χ0v) is 10.4. The molecule has 1 saturated carbocycles. The molecule has 1 aliphatic carbocycles. The molecule has 15 heavy (non-hydrogen) atoms.